The van der Waals surface area contributed by atoms with E-state index in [9.17, 15) is 23.1 Å². The van der Waals surface area contributed by atoms with Crippen LogP contribution in [0.2, 0.25) is 0 Å². The molecule has 0 spiro atoms. The highest BCUT2D eigenvalue weighted by Crippen LogP contribution is 2.12. The molecule has 0 aliphatic carbocycles. The highest BCUT2D eigenvalue weighted by atomic mass is 19.4. The zero-order chi connectivity index (χ0) is 14.3. The summed E-state index contributed by atoms with van der Waals surface area (Å²) < 4.78 is 35.6. The third-order valence-electron chi connectivity index (χ3n) is 2.26. The zero-order valence-corrected chi connectivity index (χ0v) is 10.8. The van der Waals surface area contributed by atoms with E-state index in [1.54, 1.807) is 5.32 Å². The number of alkyl halides is 3. The fourth-order valence-corrected chi connectivity index (χ4v) is 1.37. The molecule has 0 radical (unpaired) electrons. The van der Waals surface area contributed by atoms with Crippen LogP contribution in [0.1, 0.15) is 27.2 Å². The van der Waals surface area contributed by atoms with Gasteiger partial charge in [0.05, 0.1) is 12.1 Å². The van der Waals surface area contributed by atoms with Gasteiger partial charge in [0, 0.05) is 6.54 Å². The molecule has 0 heterocycles. The molecule has 0 aliphatic heterocycles. The second-order valence-corrected chi connectivity index (χ2v) is 4.75. The zero-order valence-electron chi connectivity index (χ0n) is 10.8. The Morgan fingerprint density at radius 1 is 1.28 bits per heavy atom. The Morgan fingerprint density at radius 2 is 1.83 bits per heavy atom. The molecule has 0 aromatic heterocycles. The van der Waals surface area contributed by atoms with Crippen molar-refractivity contribution < 1.29 is 23.1 Å². The van der Waals surface area contributed by atoms with E-state index < -0.39 is 30.8 Å². The molecule has 0 aromatic carbocycles. The van der Waals surface area contributed by atoms with Gasteiger partial charge in [-0.2, -0.15) is 13.2 Å². The molecule has 4 nitrogen and oxygen atoms in total. The molecule has 0 aliphatic rings. The lowest BCUT2D eigenvalue weighted by Crippen LogP contribution is -2.47. The lowest BCUT2D eigenvalue weighted by atomic mass is 10.1. The molecule has 18 heavy (non-hydrogen) atoms. The average molecular weight is 270 g/mol. The molecule has 0 saturated carbocycles. The van der Waals surface area contributed by atoms with Gasteiger partial charge < -0.3 is 15.7 Å². The topological polar surface area (TPSA) is 61.4 Å². The maximum absolute atomic E-state index is 11.9. The Morgan fingerprint density at radius 3 is 2.28 bits per heavy atom. The Labute approximate surface area is 105 Å². The fraction of sp³-hybridized carbons (Fsp3) is 0.909. The lowest BCUT2D eigenvalue weighted by molar-refractivity contribution is -0.139. The highest BCUT2D eigenvalue weighted by Gasteiger charge is 2.28. The van der Waals surface area contributed by atoms with Crippen LogP contribution in [-0.4, -0.2) is 42.4 Å². The van der Waals surface area contributed by atoms with Crippen LogP contribution in [0, 0.1) is 5.92 Å². The van der Waals surface area contributed by atoms with Gasteiger partial charge in [0.1, 0.15) is 6.54 Å². The number of amides is 1. The minimum Gasteiger partial charge on any atom is -0.392 e. The summed E-state index contributed by atoms with van der Waals surface area (Å²) in [5.74, 6) is -0.416. The number of rotatable bonds is 7. The van der Waals surface area contributed by atoms with Crippen molar-refractivity contribution in [2.45, 2.75) is 45.5 Å². The largest absolute Gasteiger partial charge is 0.405 e. The highest BCUT2D eigenvalue weighted by molar-refractivity contribution is 5.81. The summed E-state index contributed by atoms with van der Waals surface area (Å²) in [7, 11) is 0. The predicted octanol–water partition coefficient (Wildman–Crippen LogP) is 1.05. The van der Waals surface area contributed by atoms with Gasteiger partial charge in [-0.05, 0) is 19.3 Å². The molecule has 0 saturated heterocycles. The van der Waals surface area contributed by atoms with E-state index >= 15 is 0 Å². The van der Waals surface area contributed by atoms with Gasteiger partial charge in [-0.25, -0.2) is 0 Å². The van der Waals surface area contributed by atoms with Crippen molar-refractivity contribution in [2.24, 2.45) is 5.92 Å². The van der Waals surface area contributed by atoms with E-state index in [2.05, 4.69) is 5.32 Å². The number of carbonyl (C=O) groups excluding carboxylic acids is 1. The summed E-state index contributed by atoms with van der Waals surface area (Å²) >= 11 is 0. The quantitative estimate of drug-likeness (QED) is 0.648. The Hall–Kier alpha value is -0.820. The van der Waals surface area contributed by atoms with E-state index in [0.29, 0.717) is 12.3 Å². The number of aliphatic hydroxyl groups is 1. The number of hydrogen-bond acceptors (Lipinski definition) is 3. The average Bonchev–Trinajstić information content (AvgIpc) is 2.20. The first-order chi connectivity index (χ1) is 8.11. The van der Waals surface area contributed by atoms with Crippen molar-refractivity contribution in [1.29, 1.82) is 0 Å². The van der Waals surface area contributed by atoms with Gasteiger partial charge >= 0.3 is 6.18 Å². The molecule has 3 N–H and O–H groups in total. The summed E-state index contributed by atoms with van der Waals surface area (Å²) in [6.07, 6.45) is -4.45. The van der Waals surface area contributed by atoms with Crippen molar-refractivity contribution >= 4 is 5.91 Å². The van der Waals surface area contributed by atoms with E-state index in [4.69, 9.17) is 0 Å². The van der Waals surface area contributed by atoms with Crippen molar-refractivity contribution in [3.63, 3.8) is 0 Å². The first-order valence-corrected chi connectivity index (χ1v) is 5.87. The third-order valence-corrected chi connectivity index (χ3v) is 2.26. The number of carbonyl (C=O) groups is 1. The third kappa shape index (κ3) is 9.23. The van der Waals surface area contributed by atoms with Crippen LogP contribution in [0.5, 0.6) is 0 Å². The molecule has 1 amide bonds. The molecule has 2 unspecified atom stereocenters. The molecule has 0 aromatic rings. The molecular weight excluding hydrogens is 249 g/mol. The Kier molecular flexibility index (Phi) is 7.23. The summed E-state index contributed by atoms with van der Waals surface area (Å²) in [5, 5.41) is 14.0. The summed E-state index contributed by atoms with van der Waals surface area (Å²) in [4.78, 5) is 11.3. The maximum atomic E-state index is 11.9. The minimum atomic E-state index is -4.41. The number of nitrogens with one attached hydrogen (secondary N) is 2. The van der Waals surface area contributed by atoms with Crippen LogP contribution in [0.4, 0.5) is 13.2 Å². The van der Waals surface area contributed by atoms with Crippen LogP contribution in [0.15, 0.2) is 0 Å². The second kappa shape index (κ2) is 7.58. The summed E-state index contributed by atoms with van der Waals surface area (Å²) in [6.45, 7) is 4.18. The Bertz CT molecular complexity index is 257. The van der Waals surface area contributed by atoms with Crippen molar-refractivity contribution in [3.8, 4) is 0 Å². The van der Waals surface area contributed by atoms with E-state index in [1.807, 2.05) is 13.8 Å². The van der Waals surface area contributed by atoms with E-state index in [1.165, 1.54) is 6.92 Å². The van der Waals surface area contributed by atoms with Crippen molar-refractivity contribution in [3.05, 3.63) is 0 Å². The number of aliphatic hydroxyl groups excluding tert-OH is 1. The number of halogens is 3. The van der Waals surface area contributed by atoms with Gasteiger partial charge in [0.2, 0.25) is 5.91 Å². The summed E-state index contributed by atoms with van der Waals surface area (Å²) in [5.41, 5.74) is 0. The standard InChI is InChI=1S/C11H21F3N2O2/c1-7(2)4-9(17)5-15-8(3)10(18)16-6-11(12,13)14/h7-9,15,17H,4-6H2,1-3H3,(H,16,18). The lowest BCUT2D eigenvalue weighted by Gasteiger charge is -2.18. The normalized spacial score (nSPS) is 15.6. The van der Waals surface area contributed by atoms with Crippen LogP contribution in [-0.2, 0) is 4.79 Å². The van der Waals surface area contributed by atoms with Gasteiger partial charge in [-0.15, -0.1) is 0 Å². The second-order valence-electron chi connectivity index (χ2n) is 4.75. The minimum absolute atomic E-state index is 0.179. The van der Waals surface area contributed by atoms with Gasteiger partial charge in [-0.3, -0.25) is 4.79 Å². The first kappa shape index (κ1) is 17.2. The fourth-order valence-electron chi connectivity index (χ4n) is 1.37. The van der Waals surface area contributed by atoms with Gasteiger partial charge in [0.25, 0.3) is 0 Å². The SMILES string of the molecule is CC(C)CC(O)CNC(C)C(=O)NCC(F)(F)F. The number of hydrogen-bond donors (Lipinski definition) is 3. The van der Waals surface area contributed by atoms with Crippen molar-refractivity contribution in [1.82, 2.24) is 10.6 Å². The molecular formula is C11H21F3N2O2. The van der Waals surface area contributed by atoms with Crippen LogP contribution in [0.25, 0.3) is 0 Å². The van der Waals surface area contributed by atoms with Crippen molar-refractivity contribution in [2.75, 3.05) is 13.1 Å². The molecule has 2 atom stereocenters. The summed E-state index contributed by atoms with van der Waals surface area (Å²) in [6, 6.07) is -0.769. The van der Waals surface area contributed by atoms with Gasteiger partial charge in [-0.1, -0.05) is 13.8 Å². The molecule has 108 valence electrons. The van der Waals surface area contributed by atoms with Crippen LogP contribution in [0.3, 0.4) is 0 Å². The molecule has 7 heteroatoms. The Balaban J connectivity index is 3.87. The molecule has 0 fully saturated rings. The van der Waals surface area contributed by atoms with Gasteiger partial charge in [0.15, 0.2) is 0 Å². The maximum Gasteiger partial charge on any atom is 0.405 e. The molecule has 0 bridgehead atoms. The van der Waals surface area contributed by atoms with Crippen LogP contribution >= 0.6 is 0 Å². The predicted molar refractivity (Wildman–Crippen MR) is 62.0 cm³/mol. The monoisotopic (exact) mass is 270 g/mol. The molecule has 0 rings (SSSR count). The smallest absolute Gasteiger partial charge is 0.392 e. The first-order valence-electron chi connectivity index (χ1n) is 5.87. The van der Waals surface area contributed by atoms with E-state index in [-0.39, 0.29) is 6.54 Å². The van der Waals surface area contributed by atoms with Crippen LogP contribution < -0.4 is 10.6 Å². The van der Waals surface area contributed by atoms with E-state index in [0.717, 1.165) is 0 Å².